The van der Waals surface area contributed by atoms with E-state index in [0.717, 1.165) is 50.6 Å². The molecule has 1 saturated heterocycles. The molecule has 3 rings (SSSR count). The van der Waals surface area contributed by atoms with E-state index in [1.54, 1.807) is 0 Å². The first kappa shape index (κ1) is 18.0. The molecule has 2 aromatic rings. The highest BCUT2D eigenvalue weighted by Crippen LogP contribution is 2.19. The number of hydrogen-bond acceptors (Lipinski definition) is 5. The van der Waals surface area contributed by atoms with Gasteiger partial charge in [-0.3, -0.25) is 4.90 Å². The third kappa shape index (κ3) is 3.89. The fourth-order valence-corrected chi connectivity index (χ4v) is 3.36. The number of carbonyl (C=O) groups excluding carboxylic acids is 1. The number of carbonyl (C=O) groups is 1. The molecule has 0 unspecified atom stereocenters. The van der Waals surface area contributed by atoms with Crippen molar-refractivity contribution in [3.8, 4) is 6.07 Å². The summed E-state index contributed by atoms with van der Waals surface area (Å²) in [5.41, 5.74) is 3.62. The molecule has 6 nitrogen and oxygen atoms in total. The van der Waals surface area contributed by atoms with Crippen molar-refractivity contribution >= 4 is 11.7 Å². The number of nitriles is 1. The van der Waals surface area contributed by atoms with Gasteiger partial charge in [-0.1, -0.05) is 0 Å². The van der Waals surface area contributed by atoms with Crippen molar-refractivity contribution < 1.29 is 9.53 Å². The number of piperazine rings is 1. The van der Waals surface area contributed by atoms with Crippen LogP contribution in [0, 0.1) is 11.3 Å². The number of hydrogen-bond donors (Lipinski definition) is 0. The van der Waals surface area contributed by atoms with Crippen LogP contribution in [0.4, 0.5) is 5.69 Å². The van der Waals surface area contributed by atoms with Crippen molar-refractivity contribution in [2.75, 3.05) is 38.2 Å². The molecule has 0 saturated carbocycles. The Bertz CT molecular complexity index is 796. The van der Waals surface area contributed by atoms with Crippen LogP contribution in [0.3, 0.4) is 0 Å². The maximum Gasteiger partial charge on any atom is 0.337 e. The molecule has 1 aromatic heterocycles. The highest BCUT2D eigenvalue weighted by molar-refractivity contribution is 5.89. The summed E-state index contributed by atoms with van der Waals surface area (Å²) in [5, 5.41) is 9.18. The molecule has 1 aliphatic rings. The van der Waals surface area contributed by atoms with Gasteiger partial charge in [-0.05, 0) is 42.8 Å². The first-order valence-corrected chi connectivity index (χ1v) is 8.89. The van der Waals surface area contributed by atoms with Gasteiger partial charge in [-0.2, -0.15) is 5.26 Å². The molecule has 1 aliphatic heterocycles. The van der Waals surface area contributed by atoms with Gasteiger partial charge in [0, 0.05) is 51.2 Å². The first-order chi connectivity index (χ1) is 12.6. The van der Waals surface area contributed by atoms with E-state index in [1.165, 1.54) is 12.7 Å². The van der Waals surface area contributed by atoms with E-state index in [9.17, 15) is 10.1 Å². The Morgan fingerprint density at radius 1 is 1.19 bits per heavy atom. The average molecular weight is 352 g/mol. The Morgan fingerprint density at radius 3 is 2.42 bits per heavy atom. The molecule has 0 radical (unpaired) electrons. The van der Waals surface area contributed by atoms with E-state index in [1.807, 2.05) is 34.9 Å². The van der Waals surface area contributed by atoms with Crippen LogP contribution in [0.15, 0.2) is 36.5 Å². The van der Waals surface area contributed by atoms with Crippen LogP contribution in [-0.4, -0.2) is 48.7 Å². The van der Waals surface area contributed by atoms with Gasteiger partial charge in [-0.25, -0.2) is 4.79 Å². The number of methoxy groups -OCH3 is 1. The molecule has 1 fully saturated rings. The zero-order chi connectivity index (χ0) is 18.5. The van der Waals surface area contributed by atoms with Crippen LogP contribution >= 0.6 is 0 Å². The number of aromatic nitrogens is 1. The molecular weight excluding hydrogens is 328 g/mol. The molecule has 1 aromatic carbocycles. The number of ether oxygens (including phenoxy) is 1. The van der Waals surface area contributed by atoms with Crippen molar-refractivity contribution in [1.82, 2.24) is 9.47 Å². The highest BCUT2D eigenvalue weighted by Gasteiger charge is 2.18. The average Bonchev–Trinajstić information content (AvgIpc) is 3.10. The minimum atomic E-state index is -0.308. The van der Waals surface area contributed by atoms with Gasteiger partial charge in [0.25, 0.3) is 0 Å². The van der Waals surface area contributed by atoms with Gasteiger partial charge in [0.2, 0.25) is 0 Å². The number of anilines is 1. The van der Waals surface area contributed by atoms with Gasteiger partial charge >= 0.3 is 5.97 Å². The van der Waals surface area contributed by atoms with Crippen molar-refractivity contribution in [2.45, 2.75) is 20.0 Å². The van der Waals surface area contributed by atoms with E-state index in [-0.39, 0.29) is 5.97 Å². The van der Waals surface area contributed by atoms with E-state index in [2.05, 4.69) is 29.0 Å². The standard InChI is InChI=1S/C20H24N4O2/c1-3-23-15-16(12-19(23)13-21)14-22-8-10-24(11-9-22)18-6-4-17(5-7-18)20(25)26-2/h4-7,12,15H,3,8-11,14H2,1-2H3. The first-order valence-electron chi connectivity index (χ1n) is 8.89. The van der Waals surface area contributed by atoms with Crippen LogP contribution in [0.5, 0.6) is 0 Å². The SMILES string of the molecule is CCn1cc(CN2CCN(c3ccc(C(=O)OC)cc3)CC2)cc1C#N. The second kappa shape index (κ2) is 8.07. The molecule has 0 N–H and O–H groups in total. The Morgan fingerprint density at radius 2 is 1.88 bits per heavy atom. The number of nitrogens with zero attached hydrogens (tertiary/aromatic N) is 4. The summed E-state index contributed by atoms with van der Waals surface area (Å²) in [6.45, 7) is 7.56. The lowest BCUT2D eigenvalue weighted by Gasteiger charge is -2.36. The summed E-state index contributed by atoms with van der Waals surface area (Å²) in [4.78, 5) is 16.3. The predicted molar refractivity (Wildman–Crippen MR) is 100 cm³/mol. The minimum Gasteiger partial charge on any atom is -0.465 e. The van der Waals surface area contributed by atoms with E-state index in [4.69, 9.17) is 4.74 Å². The van der Waals surface area contributed by atoms with Crippen LogP contribution in [0.1, 0.15) is 28.5 Å². The largest absolute Gasteiger partial charge is 0.465 e. The fourth-order valence-electron chi connectivity index (χ4n) is 3.36. The molecule has 136 valence electrons. The molecule has 6 heteroatoms. The lowest BCUT2D eigenvalue weighted by Crippen LogP contribution is -2.45. The summed E-state index contributed by atoms with van der Waals surface area (Å²) < 4.78 is 6.73. The quantitative estimate of drug-likeness (QED) is 0.774. The molecular formula is C20H24N4O2. The second-order valence-corrected chi connectivity index (χ2v) is 6.43. The highest BCUT2D eigenvalue weighted by atomic mass is 16.5. The summed E-state index contributed by atoms with van der Waals surface area (Å²) in [6, 6.07) is 11.8. The topological polar surface area (TPSA) is 61.5 Å². The van der Waals surface area contributed by atoms with Crippen LogP contribution in [0.2, 0.25) is 0 Å². The Balaban J connectivity index is 1.56. The molecule has 0 aliphatic carbocycles. The monoisotopic (exact) mass is 352 g/mol. The van der Waals surface area contributed by atoms with Crippen LogP contribution in [0.25, 0.3) is 0 Å². The fraction of sp³-hybridized carbons (Fsp3) is 0.400. The summed E-state index contributed by atoms with van der Waals surface area (Å²) in [5.74, 6) is -0.308. The van der Waals surface area contributed by atoms with Gasteiger partial charge < -0.3 is 14.2 Å². The Hall–Kier alpha value is -2.78. The predicted octanol–water partition coefficient (Wildman–Crippen LogP) is 2.49. The lowest BCUT2D eigenvalue weighted by molar-refractivity contribution is 0.0601. The normalized spacial score (nSPS) is 14.9. The van der Waals surface area contributed by atoms with E-state index in [0.29, 0.717) is 5.56 Å². The number of aryl methyl sites for hydroxylation is 1. The maximum atomic E-state index is 11.5. The number of rotatable bonds is 5. The zero-order valence-corrected chi connectivity index (χ0v) is 15.3. The van der Waals surface area contributed by atoms with Gasteiger partial charge in [0.15, 0.2) is 0 Å². The summed E-state index contributed by atoms with van der Waals surface area (Å²) in [6.07, 6.45) is 2.08. The molecule has 2 heterocycles. The Kier molecular flexibility index (Phi) is 5.59. The van der Waals surface area contributed by atoms with Crippen LogP contribution in [-0.2, 0) is 17.8 Å². The molecule has 0 bridgehead atoms. The van der Waals surface area contributed by atoms with Crippen molar-refractivity contribution in [3.63, 3.8) is 0 Å². The van der Waals surface area contributed by atoms with Gasteiger partial charge in [0.1, 0.15) is 11.8 Å². The van der Waals surface area contributed by atoms with Crippen molar-refractivity contribution in [2.24, 2.45) is 0 Å². The van der Waals surface area contributed by atoms with Crippen LogP contribution < -0.4 is 4.90 Å². The molecule has 0 amide bonds. The van der Waals surface area contributed by atoms with Crippen molar-refractivity contribution in [3.05, 3.63) is 53.3 Å². The molecule has 0 atom stereocenters. The van der Waals surface area contributed by atoms with E-state index < -0.39 is 0 Å². The van der Waals surface area contributed by atoms with E-state index >= 15 is 0 Å². The number of esters is 1. The zero-order valence-electron chi connectivity index (χ0n) is 15.3. The van der Waals surface area contributed by atoms with Gasteiger partial charge in [-0.15, -0.1) is 0 Å². The summed E-state index contributed by atoms with van der Waals surface area (Å²) >= 11 is 0. The molecule has 26 heavy (non-hydrogen) atoms. The third-order valence-electron chi connectivity index (χ3n) is 4.84. The lowest BCUT2D eigenvalue weighted by atomic mass is 10.1. The van der Waals surface area contributed by atoms with Crippen molar-refractivity contribution in [1.29, 1.82) is 5.26 Å². The number of benzene rings is 1. The third-order valence-corrected chi connectivity index (χ3v) is 4.84. The Labute approximate surface area is 154 Å². The second-order valence-electron chi connectivity index (χ2n) is 6.43. The minimum absolute atomic E-state index is 0.308. The molecule has 0 spiro atoms. The van der Waals surface area contributed by atoms with Gasteiger partial charge in [0.05, 0.1) is 12.7 Å². The summed E-state index contributed by atoms with van der Waals surface area (Å²) in [7, 11) is 1.39. The smallest absolute Gasteiger partial charge is 0.337 e. The maximum absolute atomic E-state index is 11.5.